The van der Waals surface area contributed by atoms with Crippen molar-refractivity contribution in [1.82, 2.24) is 9.88 Å². The van der Waals surface area contributed by atoms with E-state index >= 15 is 0 Å². The summed E-state index contributed by atoms with van der Waals surface area (Å²) in [5, 5.41) is 3.05. The molecule has 166 valence electrons. The Morgan fingerprint density at radius 1 is 1.13 bits per heavy atom. The molecule has 1 aliphatic carbocycles. The average molecular weight is 423 g/mol. The molecule has 1 aromatic heterocycles. The van der Waals surface area contributed by atoms with Crippen molar-refractivity contribution in [2.75, 3.05) is 42.9 Å². The normalized spacial score (nSPS) is 18.7. The van der Waals surface area contributed by atoms with Gasteiger partial charge in [-0.3, -0.25) is 9.59 Å². The number of hydrogen-bond donors (Lipinski definition) is 2. The molecule has 0 radical (unpaired) electrons. The molecule has 31 heavy (non-hydrogen) atoms. The fourth-order valence-corrected chi connectivity index (χ4v) is 4.95. The third-order valence-corrected chi connectivity index (χ3v) is 6.77. The summed E-state index contributed by atoms with van der Waals surface area (Å²) in [5.41, 5.74) is 5.82. The Morgan fingerprint density at radius 3 is 2.48 bits per heavy atom. The first kappa shape index (κ1) is 21.6. The lowest BCUT2D eigenvalue weighted by atomic mass is 9.75. The number of H-pyrrole nitrogens is 1. The predicted molar refractivity (Wildman–Crippen MR) is 125 cm³/mol. The molecule has 1 amide bonds. The molecule has 2 aromatic rings. The van der Waals surface area contributed by atoms with E-state index in [0.29, 0.717) is 17.7 Å². The second-order valence-electron chi connectivity index (χ2n) is 9.79. The molecule has 0 atom stereocenters. The van der Waals surface area contributed by atoms with E-state index in [-0.39, 0.29) is 17.1 Å². The first-order valence-electron chi connectivity index (χ1n) is 11.3. The van der Waals surface area contributed by atoms with Gasteiger partial charge >= 0.3 is 0 Å². The van der Waals surface area contributed by atoms with Gasteiger partial charge in [-0.2, -0.15) is 0 Å². The van der Waals surface area contributed by atoms with E-state index in [4.69, 9.17) is 0 Å². The van der Waals surface area contributed by atoms with Crippen molar-refractivity contribution in [2.45, 2.75) is 47.5 Å². The predicted octanol–water partition coefficient (Wildman–Crippen LogP) is 4.18. The minimum absolute atomic E-state index is 0.0792. The van der Waals surface area contributed by atoms with Gasteiger partial charge in [0.05, 0.1) is 0 Å². The number of amides is 1. The van der Waals surface area contributed by atoms with Gasteiger partial charge in [-0.25, -0.2) is 0 Å². The number of aromatic amines is 1. The SMILES string of the molecule is CCN1CCN(c2ccc(NC(=O)c3[nH]c4c(c3C)C(=O)CC(C)(C)C4)c(C)c2)CC1. The average Bonchev–Trinajstić information content (AvgIpc) is 3.04. The molecular weight excluding hydrogens is 388 g/mol. The highest BCUT2D eigenvalue weighted by atomic mass is 16.2. The molecule has 6 heteroatoms. The zero-order valence-electron chi connectivity index (χ0n) is 19.4. The van der Waals surface area contributed by atoms with Crippen molar-refractivity contribution in [3.63, 3.8) is 0 Å². The van der Waals surface area contributed by atoms with Gasteiger partial charge in [0.2, 0.25) is 0 Å². The van der Waals surface area contributed by atoms with E-state index in [9.17, 15) is 9.59 Å². The van der Waals surface area contributed by atoms with Gasteiger partial charge in [0.1, 0.15) is 5.69 Å². The molecule has 4 rings (SSSR count). The summed E-state index contributed by atoms with van der Waals surface area (Å²) in [6, 6.07) is 6.22. The molecular formula is C25H34N4O2. The lowest BCUT2D eigenvalue weighted by Gasteiger charge is -2.35. The second kappa shape index (κ2) is 8.15. The van der Waals surface area contributed by atoms with E-state index in [2.05, 4.69) is 53.0 Å². The van der Waals surface area contributed by atoms with Gasteiger partial charge < -0.3 is 20.1 Å². The van der Waals surface area contributed by atoms with Crippen LogP contribution in [0.1, 0.15) is 64.9 Å². The Bertz CT molecular complexity index is 1010. The summed E-state index contributed by atoms with van der Waals surface area (Å²) in [6.45, 7) is 15.6. The number of hydrogen-bond acceptors (Lipinski definition) is 4. The van der Waals surface area contributed by atoms with Gasteiger partial charge in [-0.1, -0.05) is 20.8 Å². The summed E-state index contributed by atoms with van der Waals surface area (Å²) in [4.78, 5) is 33.8. The van der Waals surface area contributed by atoms with Crippen LogP contribution in [0, 0.1) is 19.3 Å². The number of carbonyl (C=O) groups is 2. The fourth-order valence-electron chi connectivity index (χ4n) is 4.95. The first-order chi connectivity index (χ1) is 14.7. The molecule has 0 bridgehead atoms. The van der Waals surface area contributed by atoms with Crippen LogP contribution < -0.4 is 10.2 Å². The van der Waals surface area contributed by atoms with Gasteiger partial charge in [0.15, 0.2) is 5.78 Å². The molecule has 6 nitrogen and oxygen atoms in total. The summed E-state index contributed by atoms with van der Waals surface area (Å²) in [7, 11) is 0. The highest BCUT2D eigenvalue weighted by molar-refractivity contribution is 6.08. The Morgan fingerprint density at radius 2 is 1.84 bits per heavy atom. The van der Waals surface area contributed by atoms with Crippen LogP contribution in [0.3, 0.4) is 0 Å². The first-order valence-corrected chi connectivity index (χ1v) is 11.3. The van der Waals surface area contributed by atoms with Crippen molar-refractivity contribution in [3.05, 3.63) is 46.3 Å². The van der Waals surface area contributed by atoms with Crippen molar-refractivity contribution in [1.29, 1.82) is 0 Å². The maximum Gasteiger partial charge on any atom is 0.272 e. The smallest absolute Gasteiger partial charge is 0.272 e. The molecule has 1 aromatic carbocycles. The Hall–Kier alpha value is -2.60. The Balaban J connectivity index is 1.50. The van der Waals surface area contributed by atoms with Gasteiger partial charge in [0, 0.05) is 55.2 Å². The van der Waals surface area contributed by atoms with E-state index in [0.717, 1.165) is 61.7 Å². The van der Waals surface area contributed by atoms with E-state index in [1.807, 2.05) is 19.9 Å². The number of aryl methyl sites for hydroxylation is 1. The number of nitrogens with one attached hydrogen (secondary N) is 2. The third kappa shape index (κ3) is 4.26. The zero-order chi connectivity index (χ0) is 22.3. The summed E-state index contributed by atoms with van der Waals surface area (Å²) < 4.78 is 0. The molecule has 0 spiro atoms. The van der Waals surface area contributed by atoms with Crippen molar-refractivity contribution >= 4 is 23.1 Å². The number of ketones is 1. The van der Waals surface area contributed by atoms with Crippen LogP contribution in [0.15, 0.2) is 18.2 Å². The standard InChI is InChI=1S/C25H34N4O2/c1-6-28-9-11-29(12-10-28)18-7-8-19(16(2)13-18)27-24(31)23-17(3)22-20(26-23)14-25(4,5)15-21(22)30/h7-8,13,26H,6,9-12,14-15H2,1-5H3,(H,27,31). The maximum absolute atomic E-state index is 13.1. The number of fused-ring (bicyclic) bond motifs is 1. The molecule has 0 unspecified atom stereocenters. The Kier molecular flexibility index (Phi) is 5.69. The number of anilines is 2. The van der Waals surface area contributed by atoms with Gasteiger partial charge in [0.25, 0.3) is 5.91 Å². The molecule has 1 fully saturated rings. The van der Waals surface area contributed by atoms with E-state index in [1.165, 1.54) is 5.69 Å². The summed E-state index contributed by atoms with van der Waals surface area (Å²) >= 11 is 0. The van der Waals surface area contributed by atoms with Crippen LogP contribution in [0.2, 0.25) is 0 Å². The van der Waals surface area contributed by atoms with Crippen LogP contribution in [0.5, 0.6) is 0 Å². The molecule has 2 N–H and O–H groups in total. The lowest BCUT2D eigenvalue weighted by molar-refractivity contribution is 0.0910. The van der Waals surface area contributed by atoms with Crippen molar-refractivity contribution < 1.29 is 9.59 Å². The quantitative estimate of drug-likeness (QED) is 0.776. The topological polar surface area (TPSA) is 68.4 Å². The van der Waals surface area contributed by atoms with E-state index in [1.54, 1.807) is 0 Å². The molecule has 2 aliphatic rings. The summed E-state index contributed by atoms with van der Waals surface area (Å²) in [6.07, 6.45) is 1.30. The number of carbonyl (C=O) groups excluding carboxylic acids is 2. The van der Waals surface area contributed by atoms with Crippen LogP contribution in [0.25, 0.3) is 0 Å². The number of likely N-dealkylation sites (N-methyl/N-ethyl adjacent to an activating group) is 1. The van der Waals surface area contributed by atoms with Gasteiger partial charge in [-0.05, 0) is 61.6 Å². The molecule has 1 aliphatic heterocycles. The van der Waals surface area contributed by atoms with Gasteiger partial charge in [-0.15, -0.1) is 0 Å². The third-order valence-electron chi connectivity index (χ3n) is 6.77. The number of benzene rings is 1. The zero-order valence-corrected chi connectivity index (χ0v) is 19.4. The molecule has 0 saturated carbocycles. The van der Waals surface area contributed by atoms with Crippen LogP contribution in [-0.4, -0.2) is 54.3 Å². The van der Waals surface area contributed by atoms with Crippen molar-refractivity contribution in [2.24, 2.45) is 5.41 Å². The second-order valence-corrected chi connectivity index (χ2v) is 9.79. The van der Waals surface area contributed by atoms with Crippen LogP contribution in [-0.2, 0) is 6.42 Å². The minimum Gasteiger partial charge on any atom is -0.369 e. The van der Waals surface area contributed by atoms with Crippen LogP contribution in [0.4, 0.5) is 11.4 Å². The molecule has 2 heterocycles. The maximum atomic E-state index is 13.1. The monoisotopic (exact) mass is 422 g/mol. The van der Waals surface area contributed by atoms with E-state index < -0.39 is 0 Å². The molecule has 1 saturated heterocycles. The number of Topliss-reactive ketones (excluding diaryl/α,β-unsaturated/α-hetero) is 1. The highest BCUT2D eigenvalue weighted by Gasteiger charge is 2.35. The number of nitrogens with zero attached hydrogens (tertiary/aromatic N) is 2. The lowest BCUT2D eigenvalue weighted by Crippen LogP contribution is -2.46. The number of piperazine rings is 1. The largest absolute Gasteiger partial charge is 0.369 e. The van der Waals surface area contributed by atoms with Crippen LogP contribution >= 0.6 is 0 Å². The summed E-state index contributed by atoms with van der Waals surface area (Å²) in [5.74, 6) is -0.0623. The number of aromatic nitrogens is 1. The minimum atomic E-state index is -0.190. The fraction of sp³-hybridized carbons (Fsp3) is 0.520. The Labute approximate surface area is 185 Å². The highest BCUT2D eigenvalue weighted by Crippen LogP contribution is 2.37. The van der Waals surface area contributed by atoms with Crippen molar-refractivity contribution in [3.8, 4) is 0 Å². The number of rotatable bonds is 4.